The van der Waals surface area contributed by atoms with Gasteiger partial charge in [-0.15, -0.1) is 0 Å². The van der Waals surface area contributed by atoms with Gasteiger partial charge in [-0.1, -0.05) is 5.16 Å². The predicted molar refractivity (Wildman–Crippen MR) is 64.8 cm³/mol. The van der Waals surface area contributed by atoms with Crippen molar-refractivity contribution >= 4 is 11.8 Å². The average Bonchev–Trinajstić information content (AvgIpc) is 3.18. The number of carbonyl (C=O) groups is 2. The number of hydrogen-bond donors (Lipinski definition) is 0. The van der Waals surface area contributed by atoms with Crippen LogP contribution < -0.4 is 0 Å². The molecule has 0 saturated carbocycles. The molecule has 0 unspecified atom stereocenters. The lowest BCUT2D eigenvalue weighted by Gasteiger charge is -2.33. The number of hydrogen-bond acceptors (Lipinski definition) is 6. The van der Waals surface area contributed by atoms with Crippen molar-refractivity contribution in [1.29, 1.82) is 0 Å². The predicted octanol–water partition coefficient (Wildman–Crippen LogP) is 0.261. The summed E-state index contributed by atoms with van der Waals surface area (Å²) < 4.78 is 9.49. The van der Waals surface area contributed by atoms with Crippen LogP contribution in [-0.2, 0) is 0 Å². The Labute approximate surface area is 113 Å². The van der Waals surface area contributed by atoms with Crippen molar-refractivity contribution in [3.8, 4) is 0 Å². The molecule has 1 aliphatic heterocycles. The SMILES string of the molecule is O=C(c1cnon1)N1CCN(C(=O)c2ccco2)CC1. The first kappa shape index (κ1) is 12.4. The van der Waals surface area contributed by atoms with E-state index in [1.807, 2.05) is 0 Å². The molecule has 20 heavy (non-hydrogen) atoms. The Bertz CT molecular complexity index is 531. The highest BCUT2D eigenvalue weighted by Crippen LogP contribution is 2.11. The van der Waals surface area contributed by atoms with E-state index in [1.165, 1.54) is 12.5 Å². The van der Waals surface area contributed by atoms with Gasteiger partial charge in [0.2, 0.25) is 0 Å². The molecule has 0 aromatic carbocycles. The molecule has 0 spiro atoms. The van der Waals surface area contributed by atoms with Crippen molar-refractivity contribution in [2.75, 3.05) is 26.2 Å². The highest BCUT2D eigenvalue weighted by molar-refractivity contribution is 5.93. The summed E-state index contributed by atoms with van der Waals surface area (Å²) in [6, 6.07) is 3.30. The van der Waals surface area contributed by atoms with Crippen molar-refractivity contribution < 1.29 is 18.6 Å². The Morgan fingerprint density at radius 1 is 1.10 bits per heavy atom. The van der Waals surface area contributed by atoms with E-state index >= 15 is 0 Å². The summed E-state index contributed by atoms with van der Waals surface area (Å²) in [5.74, 6) is -0.0907. The van der Waals surface area contributed by atoms with Crippen LogP contribution in [0.3, 0.4) is 0 Å². The molecule has 2 aromatic rings. The van der Waals surface area contributed by atoms with Crippen LogP contribution in [0.1, 0.15) is 21.0 Å². The Balaban J connectivity index is 1.60. The molecule has 1 aliphatic rings. The minimum Gasteiger partial charge on any atom is -0.459 e. The molecule has 0 bridgehead atoms. The van der Waals surface area contributed by atoms with Gasteiger partial charge in [0.05, 0.1) is 6.26 Å². The molecular weight excluding hydrogens is 264 g/mol. The van der Waals surface area contributed by atoms with Crippen molar-refractivity contribution in [3.63, 3.8) is 0 Å². The Morgan fingerprint density at radius 2 is 1.80 bits per heavy atom. The third kappa shape index (κ3) is 2.27. The van der Waals surface area contributed by atoms with Crippen LogP contribution in [0.5, 0.6) is 0 Å². The summed E-state index contributed by atoms with van der Waals surface area (Å²) in [6.45, 7) is 1.80. The lowest BCUT2D eigenvalue weighted by atomic mass is 10.2. The van der Waals surface area contributed by atoms with E-state index < -0.39 is 0 Å². The van der Waals surface area contributed by atoms with Gasteiger partial charge in [0.25, 0.3) is 11.8 Å². The highest BCUT2D eigenvalue weighted by atomic mass is 16.6. The normalized spacial score (nSPS) is 15.4. The summed E-state index contributed by atoms with van der Waals surface area (Å²) in [7, 11) is 0. The first-order chi connectivity index (χ1) is 9.75. The van der Waals surface area contributed by atoms with Crippen LogP contribution in [0.2, 0.25) is 0 Å². The van der Waals surface area contributed by atoms with E-state index in [1.54, 1.807) is 21.9 Å². The Hall–Kier alpha value is -2.64. The quantitative estimate of drug-likeness (QED) is 0.781. The third-order valence-corrected chi connectivity index (χ3v) is 3.17. The Kier molecular flexibility index (Phi) is 3.20. The van der Waals surface area contributed by atoms with E-state index in [2.05, 4.69) is 14.9 Å². The minimum absolute atomic E-state index is 0.162. The number of amides is 2. The highest BCUT2D eigenvalue weighted by Gasteiger charge is 2.27. The summed E-state index contributed by atoms with van der Waals surface area (Å²) in [4.78, 5) is 27.3. The molecule has 0 N–H and O–H groups in total. The minimum atomic E-state index is -0.239. The van der Waals surface area contributed by atoms with Gasteiger partial charge in [0, 0.05) is 26.2 Å². The van der Waals surface area contributed by atoms with E-state index in [9.17, 15) is 9.59 Å². The fraction of sp³-hybridized carbons (Fsp3) is 0.333. The zero-order valence-corrected chi connectivity index (χ0v) is 10.6. The Morgan fingerprint density at radius 3 is 2.35 bits per heavy atom. The lowest BCUT2D eigenvalue weighted by molar-refractivity contribution is 0.0512. The maximum Gasteiger partial charge on any atom is 0.289 e. The number of aromatic nitrogens is 2. The van der Waals surface area contributed by atoms with Crippen molar-refractivity contribution in [3.05, 3.63) is 36.0 Å². The summed E-state index contributed by atoms with van der Waals surface area (Å²) in [5, 5.41) is 6.92. The molecule has 0 aliphatic carbocycles. The molecule has 1 saturated heterocycles. The molecule has 3 rings (SSSR count). The zero-order chi connectivity index (χ0) is 13.9. The van der Waals surface area contributed by atoms with Gasteiger partial charge in [0.1, 0.15) is 6.20 Å². The molecule has 2 aromatic heterocycles. The van der Waals surface area contributed by atoms with Crippen molar-refractivity contribution in [2.24, 2.45) is 0 Å². The number of nitrogens with zero attached hydrogens (tertiary/aromatic N) is 4. The maximum atomic E-state index is 12.1. The fourth-order valence-corrected chi connectivity index (χ4v) is 2.09. The van der Waals surface area contributed by atoms with Gasteiger partial charge in [0.15, 0.2) is 11.5 Å². The number of rotatable bonds is 2. The van der Waals surface area contributed by atoms with Crippen molar-refractivity contribution in [1.82, 2.24) is 20.1 Å². The van der Waals surface area contributed by atoms with Gasteiger partial charge in [-0.2, -0.15) is 0 Å². The maximum absolute atomic E-state index is 12.1. The molecule has 1 fully saturated rings. The largest absolute Gasteiger partial charge is 0.459 e. The van der Waals surface area contributed by atoms with Gasteiger partial charge < -0.3 is 14.2 Å². The van der Waals surface area contributed by atoms with Gasteiger partial charge >= 0.3 is 0 Å². The molecule has 0 radical (unpaired) electrons. The van der Waals surface area contributed by atoms with Gasteiger partial charge in [-0.25, -0.2) is 4.63 Å². The van der Waals surface area contributed by atoms with Crippen LogP contribution in [0.15, 0.2) is 33.6 Å². The smallest absolute Gasteiger partial charge is 0.289 e. The van der Waals surface area contributed by atoms with E-state index in [-0.39, 0.29) is 17.5 Å². The molecule has 104 valence electrons. The second-order valence-corrected chi connectivity index (χ2v) is 4.35. The summed E-state index contributed by atoms with van der Waals surface area (Å²) in [5.41, 5.74) is 0.177. The first-order valence-corrected chi connectivity index (χ1v) is 6.15. The van der Waals surface area contributed by atoms with Gasteiger partial charge in [-0.3, -0.25) is 9.59 Å². The van der Waals surface area contributed by atoms with Gasteiger partial charge in [-0.05, 0) is 17.3 Å². The number of carbonyl (C=O) groups excluding carboxylic acids is 2. The summed E-state index contributed by atoms with van der Waals surface area (Å²) in [6.07, 6.45) is 2.74. The molecular formula is C12H12N4O4. The molecule has 3 heterocycles. The lowest BCUT2D eigenvalue weighted by Crippen LogP contribution is -2.50. The monoisotopic (exact) mass is 276 g/mol. The number of piperazine rings is 1. The fourth-order valence-electron chi connectivity index (χ4n) is 2.09. The van der Waals surface area contributed by atoms with E-state index in [0.29, 0.717) is 31.9 Å². The second-order valence-electron chi connectivity index (χ2n) is 4.35. The van der Waals surface area contributed by atoms with E-state index in [0.717, 1.165) is 0 Å². The molecule has 2 amide bonds. The molecule has 0 atom stereocenters. The third-order valence-electron chi connectivity index (χ3n) is 3.17. The second kappa shape index (κ2) is 5.16. The average molecular weight is 276 g/mol. The standard InChI is InChI=1S/C12H12N4O4/c17-11(9-8-13-20-14-9)15-3-5-16(6-4-15)12(18)10-2-1-7-19-10/h1-2,7-8H,3-6H2. The zero-order valence-electron chi connectivity index (χ0n) is 10.6. The molecule has 8 heteroatoms. The first-order valence-electron chi connectivity index (χ1n) is 6.15. The van der Waals surface area contributed by atoms with Crippen LogP contribution in [0.25, 0.3) is 0 Å². The van der Waals surface area contributed by atoms with Crippen LogP contribution in [0.4, 0.5) is 0 Å². The topological polar surface area (TPSA) is 92.7 Å². The van der Waals surface area contributed by atoms with Crippen LogP contribution in [0, 0.1) is 0 Å². The number of furan rings is 1. The van der Waals surface area contributed by atoms with E-state index in [4.69, 9.17) is 4.42 Å². The molecule has 8 nitrogen and oxygen atoms in total. The van der Waals surface area contributed by atoms with Crippen LogP contribution in [-0.4, -0.2) is 58.1 Å². The van der Waals surface area contributed by atoms with Crippen molar-refractivity contribution in [2.45, 2.75) is 0 Å². The summed E-state index contributed by atoms with van der Waals surface area (Å²) >= 11 is 0. The van der Waals surface area contributed by atoms with Crippen LogP contribution >= 0.6 is 0 Å².